The van der Waals surface area contributed by atoms with Gasteiger partial charge in [0.2, 0.25) is 5.91 Å². The van der Waals surface area contributed by atoms with Crippen LogP contribution in [-0.4, -0.2) is 24.4 Å². The molecular weight excluding hydrogens is 186 g/mol. The summed E-state index contributed by atoms with van der Waals surface area (Å²) in [5.41, 5.74) is 0. The van der Waals surface area contributed by atoms with Gasteiger partial charge in [-0.2, -0.15) is 0 Å². The molecule has 0 rings (SSSR count). The predicted molar refractivity (Wildman–Crippen MR) is 65.7 cm³/mol. The highest BCUT2D eigenvalue weighted by molar-refractivity contribution is 5.76. The highest BCUT2D eigenvalue weighted by atomic mass is 16.2. The van der Waals surface area contributed by atoms with E-state index in [2.05, 4.69) is 26.0 Å². The van der Waals surface area contributed by atoms with Crippen molar-refractivity contribution in [1.29, 1.82) is 0 Å². The standard InChI is InChI=1S/C13H23NO/c1-5-7-8-9-10-12(3)11-13(15)14(4)6-2/h7-10,12H,5-6,11H2,1-4H3/b8-7-,10-9-. The smallest absolute Gasteiger partial charge is 0.222 e. The van der Waals surface area contributed by atoms with Gasteiger partial charge in [0.25, 0.3) is 0 Å². The Balaban J connectivity index is 3.92. The van der Waals surface area contributed by atoms with E-state index in [0.717, 1.165) is 13.0 Å². The van der Waals surface area contributed by atoms with E-state index in [1.54, 1.807) is 4.90 Å². The molecule has 0 aliphatic heterocycles. The Labute approximate surface area is 93.7 Å². The number of nitrogens with zero attached hydrogens (tertiary/aromatic N) is 1. The Hall–Kier alpha value is -1.05. The second-order valence-electron chi connectivity index (χ2n) is 3.81. The number of carbonyl (C=O) groups excluding carboxylic acids is 1. The Kier molecular flexibility index (Phi) is 7.69. The SMILES string of the molecule is CC/C=C\C=C/C(C)CC(=O)N(C)CC. The van der Waals surface area contributed by atoms with Gasteiger partial charge in [-0.25, -0.2) is 0 Å². The number of carbonyl (C=O) groups is 1. The zero-order valence-electron chi connectivity index (χ0n) is 10.4. The molecule has 0 saturated heterocycles. The topological polar surface area (TPSA) is 20.3 Å². The van der Waals surface area contributed by atoms with E-state index in [1.807, 2.05) is 26.1 Å². The first-order valence-electron chi connectivity index (χ1n) is 5.69. The predicted octanol–water partition coefficient (Wildman–Crippen LogP) is 3.01. The van der Waals surface area contributed by atoms with E-state index >= 15 is 0 Å². The van der Waals surface area contributed by atoms with Crippen LogP contribution in [0.4, 0.5) is 0 Å². The van der Waals surface area contributed by atoms with Crippen LogP contribution in [0.1, 0.15) is 33.6 Å². The van der Waals surface area contributed by atoms with E-state index in [1.165, 1.54) is 0 Å². The summed E-state index contributed by atoms with van der Waals surface area (Å²) < 4.78 is 0. The van der Waals surface area contributed by atoms with Crippen molar-refractivity contribution in [1.82, 2.24) is 4.90 Å². The molecule has 15 heavy (non-hydrogen) atoms. The van der Waals surface area contributed by atoms with Crippen molar-refractivity contribution in [2.45, 2.75) is 33.6 Å². The molecule has 1 unspecified atom stereocenters. The molecule has 0 aliphatic carbocycles. The molecule has 0 saturated carbocycles. The van der Waals surface area contributed by atoms with Crippen LogP contribution in [0.15, 0.2) is 24.3 Å². The van der Waals surface area contributed by atoms with Gasteiger partial charge in [-0.15, -0.1) is 0 Å². The van der Waals surface area contributed by atoms with E-state index in [-0.39, 0.29) is 5.91 Å². The number of rotatable bonds is 6. The van der Waals surface area contributed by atoms with Gasteiger partial charge in [-0.3, -0.25) is 4.79 Å². The van der Waals surface area contributed by atoms with Crippen molar-refractivity contribution in [3.05, 3.63) is 24.3 Å². The minimum atomic E-state index is 0.217. The Morgan fingerprint density at radius 1 is 1.33 bits per heavy atom. The van der Waals surface area contributed by atoms with Crippen LogP contribution in [-0.2, 0) is 4.79 Å². The molecule has 0 radical (unpaired) electrons. The van der Waals surface area contributed by atoms with Crippen LogP contribution in [0.25, 0.3) is 0 Å². The molecule has 0 aromatic carbocycles. The molecule has 0 spiro atoms. The van der Waals surface area contributed by atoms with Crippen molar-refractivity contribution >= 4 is 5.91 Å². The monoisotopic (exact) mass is 209 g/mol. The fourth-order valence-corrected chi connectivity index (χ4v) is 1.14. The van der Waals surface area contributed by atoms with Crippen LogP contribution >= 0.6 is 0 Å². The third kappa shape index (κ3) is 6.95. The lowest BCUT2D eigenvalue weighted by atomic mass is 10.1. The van der Waals surface area contributed by atoms with Crippen molar-refractivity contribution in [3.8, 4) is 0 Å². The summed E-state index contributed by atoms with van der Waals surface area (Å²) >= 11 is 0. The zero-order valence-corrected chi connectivity index (χ0v) is 10.4. The van der Waals surface area contributed by atoms with E-state index in [9.17, 15) is 4.79 Å². The van der Waals surface area contributed by atoms with Gasteiger partial charge in [0.1, 0.15) is 0 Å². The maximum Gasteiger partial charge on any atom is 0.222 e. The zero-order chi connectivity index (χ0) is 11.7. The van der Waals surface area contributed by atoms with Gasteiger partial charge in [-0.1, -0.05) is 38.2 Å². The summed E-state index contributed by atoms with van der Waals surface area (Å²) in [4.78, 5) is 13.3. The van der Waals surface area contributed by atoms with Gasteiger partial charge in [-0.05, 0) is 19.3 Å². The molecular formula is C13H23NO. The normalized spacial score (nSPS) is 13.6. The lowest BCUT2D eigenvalue weighted by Crippen LogP contribution is -2.27. The summed E-state index contributed by atoms with van der Waals surface area (Å²) in [6.07, 6.45) is 9.88. The molecule has 0 N–H and O–H groups in total. The molecule has 0 aromatic rings. The molecule has 1 atom stereocenters. The third-order valence-electron chi connectivity index (χ3n) is 2.32. The van der Waals surface area contributed by atoms with Gasteiger partial charge >= 0.3 is 0 Å². The lowest BCUT2D eigenvalue weighted by Gasteiger charge is -2.15. The first-order chi connectivity index (χ1) is 7.11. The van der Waals surface area contributed by atoms with Crippen LogP contribution in [0.5, 0.6) is 0 Å². The molecule has 86 valence electrons. The first-order valence-corrected chi connectivity index (χ1v) is 5.69. The highest BCUT2D eigenvalue weighted by Gasteiger charge is 2.09. The molecule has 2 heteroatoms. The molecule has 1 amide bonds. The summed E-state index contributed by atoms with van der Waals surface area (Å²) in [5.74, 6) is 0.530. The first kappa shape index (κ1) is 13.9. The lowest BCUT2D eigenvalue weighted by molar-refractivity contribution is -0.130. The average molecular weight is 209 g/mol. The Bertz CT molecular complexity index is 231. The number of hydrogen-bond acceptors (Lipinski definition) is 1. The van der Waals surface area contributed by atoms with Crippen LogP contribution in [0.3, 0.4) is 0 Å². The van der Waals surface area contributed by atoms with Gasteiger partial charge < -0.3 is 4.90 Å². The third-order valence-corrected chi connectivity index (χ3v) is 2.32. The van der Waals surface area contributed by atoms with E-state index in [4.69, 9.17) is 0 Å². The van der Waals surface area contributed by atoms with E-state index < -0.39 is 0 Å². The fraction of sp³-hybridized carbons (Fsp3) is 0.615. The van der Waals surface area contributed by atoms with Crippen LogP contribution < -0.4 is 0 Å². The largest absolute Gasteiger partial charge is 0.346 e. The number of allylic oxidation sites excluding steroid dienone is 4. The van der Waals surface area contributed by atoms with E-state index in [0.29, 0.717) is 12.3 Å². The summed E-state index contributed by atoms with van der Waals surface area (Å²) in [6, 6.07) is 0. The summed E-state index contributed by atoms with van der Waals surface area (Å²) in [7, 11) is 1.84. The molecule has 0 heterocycles. The molecule has 0 fully saturated rings. The fourth-order valence-electron chi connectivity index (χ4n) is 1.14. The van der Waals surface area contributed by atoms with Gasteiger partial charge in [0.15, 0.2) is 0 Å². The second-order valence-corrected chi connectivity index (χ2v) is 3.81. The Morgan fingerprint density at radius 3 is 2.53 bits per heavy atom. The quantitative estimate of drug-likeness (QED) is 0.616. The summed E-state index contributed by atoms with van der Waals surface area (Å²) in [6.45, 7) is 6.94. The van der Waals surface area contributed by atoms with Crippen LogP contribution in [0, 0.1) is 5.92 Å². The molecule has 0 aliphatic rings. The maximum atomic E-state index is 11.5. The maximum absolute atomic E-state index is 11.5. The highest BCUT2D eigenvalue weighted by Crippen LogP contribution is 2.06. The second kappa shape index (κ2) is 8.27. The average Bonchev–Trinajstić information content (AvgIpc) is 2.23. The Morgan fingerprint density at radius 2 is 2.00 bits per heavy atom. The van der Waals surface area contributed by atoms with Crippen molar-refractivity contribution in [3.63, 3.8) is 0 Å². The van der Waals surface area contributed by atoms with Gasteiger partial charge in [0, 0.05) is 20.0 Å². The molecule has 2 nitrogen and oxygen atoms in total. The minimum Gasteiger partial charge on any atom is -0.346 e. The van der Waals surface area contributed by atoms with Crippen molar-refractivity contribution in [2.24, 2.45) is 5.92 Å². The van der Waals surface area contributed by atoms with Crippen molar-refractivity contribution in [2.75, 3.05) is 13.6 Å². The van der Waals surface area contributed by atoms with Crippen molar-refractivity contribution < 1.29 is 4.79 Å². The number of amides is 1. The minimum absolute atomic E-state index is 0.217. The summed E-state index contributed by atoms with van der Waals surface area (Å²) in [5, 5.41) is 0. The van der Waals surface area contributed by atoms with Crippen LogP contribution in [0.2, 0.25) is 0 Å². The van der Waals surface area contributed by atoms with Gasteiger partial charge in [0.05, 0.1) is 0 Å². The number of hydrogen-bond donors (Lipinski definition) is 0. The molecule has 0 aromatic heterocycles. The molecule has 0 bridgehead atoms.